The van der Waals surface area contributed by atoms with Gasteiger partial charge in [-0.2, -0.15) is 5.26 Å². The minimum Gasteiger partial charge on any atom is -0.489 e. The molecule has 1 fully saturated rings. The number of carbonyl (C=O) groups excluding carboxylic acids is 1. The predicted molar refractivity (Wildman–Crippen MR) is 118 cm³/mol. The average Bonchev–Trinajstić information content (AvgIpc) is 3.14. The summed E-state index contributed by atoms with van der Waals surface area (Å²) >= 11 is 6.22. The highest BCUT2D eigenvalue weighted by molar-refractivity contribution is 6.30. The Morgan fingerprint density at radius 1 is 1.13 bits per heavy atom. The molecule has 1 saturated heterocycles. The molecule has 0 aliphatic carbocycles. The number of halogens is 1. The van der Waals surface area contributed by atoms with Crippen molar-refractivity contribution in [2.45, 2.75) is 25.9 Å². The Morgan fingerprint density at radius 3 is 2.67 bits per heavy atom. The van der Waals surface area contributed by atoms with E-state index >= 15 is 0 Å². The van der Waals surface area contributed by atoms with Crippen LogP contribution in [-0.2, 0) is 11.4 Å². The zero-order chi connectivity index (χ0) is 21.1. The number of benzene rings is 3. The molecule has 3 aromatic carbocycles. The standard InChI is InChI=1S/C25H21ClN2O2/c1-17-6-9-22(10-7-17)28-15-20(12-25(28)29)23-11-8-21(26)13-24(23)30-16-19-5-3-2-4-18(19)14-27/h2-11,13,20H,12,15-16H2,1H3. The van der Waals surface area contributed by atoms with E-state index < -0.39 is 0 Å². The second kappa shape index (κ2) is 8.61. The van der Waals surface area contributed by atoms with Crippen LogP contribution in [0.3, 0.4) is 0 Å². The van der Waals surface area contributed by atoms with Crippen LogP contribution in [0.2, 0.25) is 5.02 Å². The van der Waals surface area contributed by atoms with Gasteiger partial charge < -0.3 is 9.64 Å². The zero-order valence-corrected chi connectivity index (χ0v) is 17.4. The Balaban J connectivity index is 1.57. The number of carbonyl (C=O) groups is 1. The maximum absolute atomic E-state index is 12.7. The van der Waals surface area contributed by atoms with Crippen molar-refractivity contribution in [3.63, 3.8) is 0 Å². The highest BCUT2D eigenvalue weighted by Gasteiger charge is 2.33. The number of anilines is 1. The van der Waals surface area contributed by atoms with Crippen molar-refractivity contribution in [3.05, 3.63) is 94.0 Å². The fourth-order valence-corrected chi connectivity index (χ4v) is 3.93. The summed E-state index contributed by atoms with van der Waals surface area (Å²) in [7, 11) is 0. The van der Waals surface area contributed by atoms with E-state index in [-0.39, 0.29) is 18.4 Å². The van der Waals surface area contributed by atoms with Crippen LogP contribution < -0.4 is 9.64 Å². The minimum absolute atomic E-state index is 0.0114. The van der Waals surface area contributed by atoms with Crippen molar-refractivity contribution in [3.8, 4) is 11.8 Å². The monoisotopic (exact) mass is 416 g/mol. The Labute approximate surface area is 181 Å². The van der Waals surface area contributed by atoms with E-state index in [9.17, 15) is 10.1 Å². The summed E-state index contributed by atoms with van der Waals surface area (Å²) in [6.07, 6.45) is 0.417. The molecule has 4 nitrogen and oxygen atoms in total. The van der Waals surface area contributed by atoms with E-state index in [0.717, 1.165) is 22.4 Å². The number of rotatable bonds is 5. The first-order chi connectivity index (χ1) is 14.5. The van der Waals surface area contributed by atoms with Crippen molar-refractivity contribution >= 4 is 23.2 Å². The van der Waals surface area contributed by atoms with Gasteiger partial charge in [0.1, 0.15) is 12.4 Å². The topological polar surface area (TPSA) is 53.3 Å². The lowest BCUT2D eigenvalue weighted by atomic mass is 9.97. The van der Waals surface area contributed by atoms with E-state index in [1.54, 1.807) is 12.1 Å². The summed E-state index contributed by atoms with van der Waals surface area (Å²) in [6.45, 7) is 2.88. The molecule has 0 aromatic heterocycles. The van der Waals surface area contributed by atoms with Crippen molar-refractivity contribution in [2.24, 2.45) is 0 Å². The molecule has 4 rings (SSSR count). The quantitative estimate of drug-likeness (QED) is 0.542. The number of ether oxygens (including phenoxy) is 1. The first-order valence-electron chi connectivity index (χ1n) is 9.82. The molecular formula is C25H21ClN2O2. The summed E-state index contributed by atoms with van der Waals surface area (Å²) in [5.74, 6) is 0.760. The van der Waals surface area contributed by atoms with Gasteiger partial charge in [-0.3, -0.25) is 4.79 Å². The Bertz CT molecular complexity index is 1120. The van der Waals surface area contributed by atoms with Crippen LogP contribution in [0.1, 0.15) is 34.6 Å². The molecule has 150 valence electrons. The van der Waals surface area contributed by atoms with E-state index in [1.807, 2.05) is 66.4 Å². The number of aryl methyl sites for hydroxylation is 1. The lowest BCUT2D eigenvalue weighted by molar-refractivity contribution is -0.117. The second-order valence-corrected chi connectivity index (χ2v) is 7.92. The van der Waals surface area contributed by atoms with Crippen LogP contribution in [-0.4, -0.2) is 12.5 Å². The molecule has 1 amide bonds. The minimum atomic E-state index is 0.0114. The Hall–Kier alpha value is -3.29. The third kappa shape index (κ3) is 4.17. The summed E-state index contributed by atoms with van der Waals surface area (Å²) < 4.78 is 6.09. The third-order valence-corrected chi connectivity index (χ3v) is 5.64. The first kappa shape index (κ1) is 20.0. The van der Waals surface area contributed by atoms with Gasteiger partial charge in [-0.05, 0) is 42.8 Å². The third-order valence-electron chi connectivity index (χ3n) is 5.41. The molecule has 0 bridgehead atoms. The van der Waals surface area contributed by atoms with Crippen LogP contribution in [0.25, 0.3) is 0 Å². The van der Waals surface area contributed by atoms with Crippen LogP contribution in [0.15, 0.2) is 66.7 Å². The van der Waals surface area contributed by atoms with Crippen LogP contribution in [0, 0.1) is 18.3 Å². The fraction of sp³-hybridized carbons (Fsp3) is 0.200. The number of nitrogens with zero attached hydrogens (tertiary/aromatic N) is 2. The van der Waals surface area contributed by atoms with E-state index in [2.05, 4.69) is 6.07 Å². The summed E-state index contributed by atoms with van der Waals surface area (Å²) in [6, 6.07) is 23.1. The number of hydrogen-bond acceptors (Lipinski definition) is 3. The van der Waals surface area contributed by atoms with Gasteiger partial charge in [0.15, 0.2) is 0 Å². The maximum Gasteiger partial charge on any atom is 0.227 e. The van der Waals surface area contributed by atoms with Crippen LogP contribution >= 0.6 is 11.6 Å². The van der Waals surface area contributed by atoms with Crippen molar-refractivity contribution < 1.29 is 9.53 Å². The van der Waals surface area contributed by atoms with Gasteiger partial charge in [0.05, 0.1) is 11.6 Å². The molecule has 1 heterocycles. The second-order valence-electron chi connectivity index (χ2n) is 7.48. The Kier molecular flexibility index (Phi) is 5.74. The molecule has 1 aliphatic rings. The summed E-state index contributed by atoms with van der Waals surface area (Å²) in [5.41, 5.74) is 4.43. The zero-order valence-electron chi connectivity index (χ0n) is 16.6. The van der Waals surface area contributed by atoms with E-state index in [4.69, 9.17) is 16.3 Å². The highest BCUT2D eigenvalue weighted by atomic mass is 35.5. The SMILES string of the molecule is Cc1ccc(N2CC(c3ccc(Cl)cc3OCc3ccccc3C#N)CC2=O)cc1. The molecule has 1 atom stereocenters. The highest BCUT2D eigenvalue weighted by Crippen LogP contribution is 2.38. The van der Waals surface area contributed by atoms with Gasteiger partial charge in [0, 0.05) is 35.2 Å². The van der Waals surface area contributed by atoms with Crippen LogP contribution in [0.5, 0.6) is 5.75 Å². The largest absolute Gasteiger partial charge is 0.489 e. The normalized spacial score (nSPS) is 15.8. The summed E-state index contributed by atoms with van der Waals surface area (Å²) in [4.78, 5) is 14.5. The molecule has 5 heteroatoms. The molecular weight excluding hydrogens is 396 g/mol. The molecule has 0 saturated carbocycles. The molecule has 0 N–H and O–H groups in total. The Morgan fingerprint density at radius 2 is 1.90 bits per heavy atom. The molecule has 3 aromatic rings. The first-order valence-corrected chi connectivity index (χ1v) is 10.2. The lowest BCUT2D eigenvalue weighted by Crippen LogP contribution is -2.24. The van der Waals surface area contributed by atoms with Gasteiger partial charge in [-0.25, -0.2) is 0 Å². The molecule has 1 aliphatic heterocycles. The van der Waals surface area contributed by atoms with Crippen molar-refractivity contribution in [1.82, 2.24) is 0 Å². The van der Waals surface area contributed by atoms with Crippen molar-refractivity contribution in [2.75, 3.05) is 11.4 Å². The van der Waals surface area contributed by atoms with Gasteiger partial charge in [-0.1, -0.05) is 53.6 Å². The molecule has 1 unspecified atom stereocenters. The number of amides is 1. The summed E-state index contributed by atoms with van der Waals surface area (Å²) in [5, 5.41) is 9.87. The molecule has 0 radical (unpaired) electrons. The predicted octanol–water partition coefficient (Wildman–Crippen LogP) is 5.62. The average molecular weight is 417 g/mol. The van der Waals surface area contributed by atoms with E-state index in [0.29, 0.717) is 29.3 Å². The molecule has 0 spiro atoms. The number of hydrogen-bond donors (Lipinski definition) is 0. The van der Waals surface area contributed by atoms with Gasteiger partial charge >= 0.3 is 0 Å². The smallest absolute Gasteiger partial charge is 0.227 e. The fourth-order valence-electron chi connectivity index (χ4n) is 3.77. The van der Waals surface area contributed by atoms with Gasteiger partial charge in [-0.15, -0.1) is 0 Å². The van der Waals surface area contributed by atoms with Gasteiger partial charge in [0.25, 0.3) is 0 Å². The molecule has 30 heavy (non-hydrogen) atoms. The lowest BCUT2D eigenvalue weighted by Gasteiger charge is -2.19. The maximum atomic E-state index is 12.7. The van der Waals surface area contributed by atoms with Gasteiger partial charge in [0.2, 0.25) is 5.91 Å². The number of nitriles is 1. The van der Waals surface area contributed by atoms with Crippen molar-refractivity contribution in [1.29, 1.82) is 5.26 Å². The van der Waals surface area contributed by atoms with E-state index in [1.165, 1.54) is 0 Å². The van der Waals surface area contributed by atoms with Crippen LogP contribution in [0.4, 0.5) is 5.69 Å².